The highest BCUT2D eigenvalue weighted by atomic mass is 19.3. The van der Waals surface area contributed by atoms with Crippen LogP contribution in [0.25, 0.3) is 0 Å². The Bertz CT molecular complexity index is 390. The van der Waals surface area contributed by atoms with Crippen molar-refractivity contribution in [2.75, 3.05) is 13.6 Å². The monoisotopic (exact) mass is 284 g/mol. The maximum atomic E-state index is 12.6. The predicted molar refractivity (Wildman–Crippen MR) is 79.9 cm³/mol. The summed E-state index contributed by atoms with van der Waals surface area (Å²) in [6, 6.07) is 6.97. The maximum Gasteiger partial charge on any atom is 0.263 e. The van der Waals surface area contributed by atoms with Crippen molar-refractivity contribution in [2.24, 2.45) is 11.7 Å². The predicted octanol–water partition coefficient (Wildman–Crippen LogP) is 3.99. The number of likely N-dealkylation sites (N-methyl/N-ethyl adjacent to an activating group) is 1. The molecule has 0 bridgehead atoms. The smallest absolute Gasteiger partial charge is 0.263 e. The van der Waals surface area contributed by atoms with E-state index >= 15 is 0 Å². The number of nitrogens with two attached hydrogens (primary N) is 1. The lowest BCUT2D eigenvalue weighted by Gasteiger charge is -2.33. The van der Waals surface area contributed by atoms with E-state index in [2.05, 4.69) is 25.7 Å². The van der Waals surface area contributed by atoms with Gasteiger partial charge in [-0.15, -0.1) is 0 Å². The van der Waals surface area contributed by atoms with Gasteiger partial charge in [0.25, 0.3) is 6.43 Å². The summed E-state index contributed by atoms with van der Waals surface area (Å²) in [5, 5.41) is 0. The van der Waals surface area contributed by atoms with E-state index in [0.717, 1.165) is 12.0 Å². The molecule has 0 radical (unpaired) electrons. The number of rotatable bonds is 7. The van der Waals surface area contributed by atoms with Crippen LogP contribution < -0.4 is 5.73 Å². The molecule has 2 unspecified atom stereocenters. The molecule has 0 fully saturated rings. The Morgan fingerprint density at radius 2 is 1.55 bits per heavy atom. The van der Waals surface area contributed by atoms with E-state index in [4.69, 9.17) is 5.73 Å². The first-order chi connectivity index (χ1) is 9.36. The Hall–Kier alpha value is -1.00. The minimum absolute atomic E-state index is 0.0578. The van der Waals surface area contributed by atoms with Crippen molar-refractivity contribution in [1.29, 1.82) is 0 Å². The molecule has 20 heavy (non-hydrogen) atoms. The van der Waals surface area contributed by atoms with Gasteiger partial charge in [-0.1, -0.05) is 38.1 Å². The average Bonchev–Trinajstić information content (AvgIpc) is 2.39. The highest BCUT2D eigenvalue weighted by Crippen LogP contribution is 2.25. The molecule has 2 N–H and O–H groups in total. The molecule has 0 aromatic heterocycles. The van der Waals surface area contributed by atoms with Gasteiger partial charge in [-0.3, -0.25) is 4.90 Å². The molecule has 2 nitrogen and oxygen atoms in total. The topological polar surface area (TPSA) is 29.3 Å². The second-order valence-electron chi connectivity index (χ2n) is 5.86. The molecule has 2 atom stereocenters. The fraction of sp³-hybridized carbons (Fsp3) is 0.625. The molecule has 1 rings (SSSR count). The molecule has 0 saturated carbocycles. The molecule has 114 valence electrons. The number of alkyl halides is 2. The fourth-order valence-corrected chi connectivity index (χ4v) is 2.56. The minimum atomic E-state index is -2.42. The first-order valence-corrected chi connectivity index (χ1v) is 7.16. The Kier molecular flexibility index (Phi) is 6.56. The van der Waals surface area contributed by atoms with Gasteiger partial charge in [0.2, 0.25) is 0 Å². The second kappa shape index (κ2) is 7.70. The average molecular weight is 284 g/mol. The van der Waals surface area contributed by atoms with Crippen LogP contribution in [-0.2, 0) is 0 Å². The quantitative estimate of drug-likeness (QED) is 0.820. The Morgan fingerprint density at radius 1 is 1.05 bits per heavy atom. The molecular formula is C16H26F2N2. The van der Waals surface area contributed by atoms with Crippen molar-refractivity contribution in [3.63, 3.8) is 0 Å². The van der Waals surface area contributed by atoms with Crippen LogP contribution in [0.5, 0.6) is 0 Å². The number of nitrogens with zero attached hydrogens (tertiary/aromatic N) is 1. The third-order valence-electron chi connectivity index (χ3n) is 3.80. The van der Waals surface area contributed by atoms with Gasteiger partial charge in [0.1, 0.15) is 0 Å². The summed E-state index contributed by atoms with van der Waals surface area (Å²) in [6.45, 7) is 7.04. The van der Waals surface area contributed by atoms with Crippen molar-refractivity contribution in [3.05, 3.63) is 35.4 Å². The second-order valence-corrected chi connectivity index (χ2v) is 5.86. The normalized spacial score (nSPS) is 15.1. The van der Waals surface area contributed by atoms with Gasteiger partial charge < -0.3 is 5.73 Å². The van der Waals surface area contributed by atoms with E-state index in [0.29, 0.717) is 18.5 Å². The maximum absolute atomic E-state index is 12.6. The van der Waals surface area contributed by atoms with Gasteiger partial charge in [0, 0.05) is 24.2 Å². The Labute approximate surface area is 121 Å². The molecule has 0 aliphatic heterocycles. The fourth-order valence-electron chi connectivity index (χ4n) is 2.56. The van der Waals surface area contributed by atoms with E-state index in [1.54, 1.807) is 12.1 Å². The standard InChI is InChI=1S/C16H26F2N2/c1-11(2)9-12(3)20(4)15(10-19)13-5-7-14(8-6-13)16(17)18/h5-8,11-12,15-16H,9-10,19H2,1-4H3. The van der Waals surface area contributed by atoms with Crippen molar-refractivity contribution in [3.8, 4) is 0 Å². The molecule has 4 heteroatoms. The summed E-state index contributed by atoms with van der Waals surface area (Å²) in [5.74, 6) is 0.618. The van der Waals surface area contributed by atoms with Crippen LogP contribution in [0.3, 0.4) is 0 Å². The van der Waals surface area contributed by atoms with Crippen LogP contribution in [0, 0.1) is 5.92 Å². The van der Waals surface area contributed by atoms with E-state index in [9.17, 15) is 8.78 Å². The molecule has 0 aliphatic carbocycles. The van der Waals surface area contributed by atoms with Crippen LogP contribution >= 0.6 is 0 Å². The van der Waals surface area contributed by atoms with E-state index in [1.165, 1.54) is 12.1 Å². The van der Waals surface area contributed by atoms with Gasteiger partial charge >= 0.3 is 0 Å². The largest absolute Gasteiger partial charge is 0.329 e. The summed E-state index contributed by atoms with van der Waals surface area (Å²) in [5.41, 5.74) is 6.94. The SMILES string of the molecule is CC(C)CC(C)N(C)C(CN)c1ccc(C(F)F)cc1. The molecule has 0 aliphatic rings. The van der Waals surface area contributed by atoms with E-state index < -0.39 is 6.43 Å². The van der Waals surface area contributed by atoms with Gasteiger partial charge in [-0.2, -0.15) is 0 Å². The zero-order valence-electron chi connectivity index (χ0n) is 12.8. The summed E-state index contributed by atoms with van der Waals surface area (Å²) in [4.78, 5) is 2.23. The lowest BCUT2D eigenvalue weighted by Crippen LogP contribution is -2.37. The number of halogens is 2. The lowest BCUT2D eigenvalue weighted by atomic mass is 9.99. The third kappa shape index (κ3) is 4.53. The lowest BCUT2D eigenvalue weighted by molar-refractivity contribution is 0.151. The van der Waals surface area contributed by atoms with Gasteiger partial charge in [-0.05, 0) is 31.9 Å². The number of benzene rings is 1. The van der Waals surface area contributed by atoms with Crippen molar-refractivity contribution >= 4 is 0 Å². The minimum Gasteiger partial charge on any atom is -0.329 e. The van der Waals surface area contributed by atoms with Crippen LogP contribution in [0.1, 0.15) is 50.8 Å². The van der Waals surface area contributed by atoms with Crippen molar-refractivity contribution in [2.45, 2.75) is 45.7 Å². The van der Waals surface area contributed by atoms with Crippen LogP contribution in [0.2, 0.25) is 0 Å². The Morgan fingerprint density at radius 3 is 1.95 bits per heavy atom. The van der Waals surface area contributed by atoms with Gasteiger partial charge in [0.15, 0.2) is 0 Å². The third-order valence-corrected chi connectivity index (χ3v) is 3.80. The van der Waals surface area contributed by atoms with Crippen molar-refractivity contribution in [1.82, 2.24) is 4.90 Å². The summed E-state index contributed by atoms with van der Waals surface area (Å²) >= 11 is 0. The molecular weight excluding hydrogens is 258 g/mol. The molecule has 0 saturated heterocycles. The molecule has 0 heterocycles. The first-order valence-electron chi connectivity index (χ1n) is 7.16. The molecule has 1 aromatic rings. The summed E-state index contributed by atoms with van der Waals surface area (Å²) < 4.78 is 25.2. The highest BCUT2D eigenvalue weighted by Gasteiger charge is 2.21. The first kappa shape index (κ1) is 17.1. The highest BCUT2D eigenvalue weighted by molar-refractivity contribution is 5.26. The summed E-state index contributed by atoms with van der Waals surface area (Å²) in [7, 11) is 2.05. The Balaban J connectivity index is 2.83. The number of hydrogen-bond donors (Lipinski definition) is 1. The van der Waals surface area contributed by atoms with Gasteiger partial charge in [0.05, 0.1) is 0 Å². The molecule has 1 aromatic carbocycles. The van der Waals surface area contributed by atoms with Crippen LogP contribution in [0.15, 0.2) is 24.3 Å². The van der Waals surface area contributed by atoms with Gasteiger partial charge in [-0.25, -0.2) is 8.78 Å². The molecule has 0 amide bonds. The van der Waals surface area contributed by atoms with E-state index in [-0.39, 0.29) is 11.6 Å². The zero-order valence-corrected chi connectivity index (χ0v) is 12.8. The van der Waals surface area contributed by atoms with Crippen LogP contribution in [0.4, 0.5) is 8.78 Å². The number of hydrogen-bond acceptors (Lipinski definition) is 2. The van der Waals surface area contributed by atoms with Crippen molar-refractivity contribution < 1.29 is 8.78 Å². The van der Waals surface area contributed by atoms with E-state index in [1.807, 2.05) is 7.05 Å². The molecule has 0 spiro atoms. The van der Waals surface area contributed by atoms with Crippen LogP contribution in [-0.4, -0.2) is 24.5 Å². The zero-order chi connectivity index (χ0) is 15.3. The summed E-state index contributed by atoms with van der Waals surface area (Å²) in [6.07, 6.45) is -1.33.